The van der Waals surface area contributed by atoms with E-state index in [9.17, 15) is 14.7 Å². The molecule has 0 aliphatic heterocycles. The molecule has 0 saturated carbocycles. The average molecular weight is 581 g/mol. The average Bonchev–Trinajstić information content (AvgIpc) is 2.88. The number of carbonyl (C=O) groups is 2. The standard InChI is InChI=1S/C40H52O3/c1-28(17-13-19-30(3)21-23-35-32(5)25-34(41)26-39(35,7)8)15-11-12-16-29(2)18-14-20-31(4)22-24-36-33(6)38(43)37(42)27-40(36,9)10/h11-25,35,37,42H,26-27H2,1-10H3/b12-11+,17-13+,18-14+,23-21+,24-22+,28-15+,29-16+,30-19+,31-20+. The molecule has 2 aliphatic carbocycles. The van der Waals surface area contributed by atoms with E-state index in [4.69, 9.17) is 0 Å². The minimum Gasteiger partial charge on any atom is -0.385 e. The van der Waals surface area contributed by atoms with E-state index < -0.39 is 6.10 Å². The molecule has 3 heteroatoms. The van der Waals surface area contributed by atoms with Crippen molar-refractivity contribution in [1.82, 2.24) is 0 Å². The number of hydrogen-bond donors (Lipinski definition) is 1. The predicted molar refractivity (Wildman–Crippen MR) is 183 cm³/mol. The molecular formula is C40H52O3. The summed E-state index contributed by atoms with van der Waals surface area (Å²) in [4.78, 5) is 24.1. The van der Waals surface area contributed by atoms with Gasteiger partial charge in [0.2, 0.25) is 0 Å². The fraction of sp³-hybridized carbons (Fsp3) is 0.400. The normalized spacial score (nSPS) is 24.6. The second-order valence-electron chi connectivity index (χ2n) is 13.4. The van der Waals surface area contributed by atoms with E-state index in [0.717, 1.165) is 27.9 Å². The van der Waals surface area contributed by atoms with Gasteiger partial charge in [0.05, 0.1) is 0 Å². The maximum absolute atomic E-state index is 12.2. The zero-order valence-electron chi connectivity index (χ0n) is 28.0. The van der Waals surface area contributed by atoms with Crippen molar-refractivity contribution < 1.29 is 14.7 Å². The van der Waals surface area contributed by atoms with Crippen molar-refractivity contribution in [2.75, 3.05) is 0 Å². The first-order chi connectivity index (χ1) is 20.0. The van der Waals surface area contributed by atoms with Gasteiger partial charge in [-0.15, -0.1) is 0 Å². The van der Waals surface area contributed by atoms with Gasteiger partial charge < -0.3 is 5.11 Å². The first kappa shape index (κ1) is 35.6. The highest BCUT2D eigenvalue weighted by Crippen LogP contribution is 2.41. The third-order valence-electron chi connectivity index (χ3n) is 8.19. The lowest BCUT2D eigenvalue weighted by Crippen LogP contribution is -2.35. The van der Waals surface area contributed by atoms with E-state index in [-0.39, 0.29) is 28.3 Å². The molecule has 1 N–H and O–H groups in total. The third-order valence-corrected chi connectivity index (χ3v) is 8.19. The first-order valence-corrected chi connectivity index (χ1v) is 15.3. The summed E-state index contributed by atoms with van der Waals surface area (Å²) in [6.07, 6.45) is 31.0. The van der Waals surface area contributed by atoms with E-state index in [1.54, 1.807) is 13.0 Å². The van der Waals surface area contributed by atoms with Crippen LogP contribution in [-0.2, 0) is 9.59 Å². The number of hydrogen-bond acceptors (Lipinski definition) is 3. The maximum atomic E-state index is 12.2. The second-order valence-corrected chi connectivity index (χ2v) is 13.4. The molecule has 0 amide bonds. The van der Waals surface area contributed by atoms with Crippen molar-refractivity contribution in [3.63, 3.8) is 0 Å². The molecule has 0 fully saturated rings. The summed E-state index contributed by atoms with van der Waals surface area (Å²) in [5.74, 6) is 0.334. The van der Waals surface area contributed by atoms with Crippen LogP contribution in [-0.4, -0.2) is 22.8 Å². The highest BCUT2D eigenvalue weighted by atomic mass is 16.3. The Morgan fingerprint density at radius 3 is 1.79 bits per heavy atom. The number of carbonyl (C=O) groups excluding carboxylic acids is 2. The minimum absolute atomic E-state index is 0.0523. The van der Waals surface area contributed by atoms with Gasteiger partial charge in [0.1, 0.15) is 6.10 Å². The highest BCUT2D eigenvalue weighted by molar-refractivity contribution is 6.00. The molecule has 0 aromatic rings. The van der Waals surface area contributed by atoms with Crippen molar-refractivity contribution in [3.05, 3.63) is 130 Å². The van der Waals surface area contributed by atoms with Crippen LogP contribution >= 0.6 is 0 Å². The van der Waals surface area contributed by atoms with Gasteiger partial charge in [-0.2, -0.15) is 0 Å². The molecule has 3 nitrogen and oxygen atoms in total. The maximum Gasteiger partial charge on any atom is 0.187 e. The minimum atomic E-state index is -0.900. The molecule has 2 rings (SSSR count). The fourth-order valence-corrected chi connectivity index (χ4v) is 5.71. The van der Waals surface area contributed by atoms with Gasteiger partial charge in [0.25, 0.3) is 0 Å². The Morgan fingerprint density at radius 1 is 0.767 bits per heavy atom. The van der Waals surface area contributed by atoms with Crippen molar-refractivity contribution in [2.45, 2.75) is 88.2 Å². The molecule has 0 bridgehead atoms. The number of aliphatic hydroxyl groups excluding tert-OH is 1. The van der Waals surface area contributed by atoms with Gasteiger partial charge in [-0.25, -0.2) is 0 Å². The summed E-state index contributed by atoms with van der Waals surface area (Å²) in [5.41, 5.74) is 7.05. The van der Waals surface area contributed by atoms with Gasteiger partial charge in [-0.1, -0.05) is 141 Å². The van der Waals surface area contributed by atoms with Gasteiger partial charge in [0, 0.05) is 12.3 Å². The number of rotatable bonds is 10. The van der Waals surface area contributed by atoms with Gasteiger partial charge in [0.15, 0.2) is 11.6 Å². The zero-order chi connectivity index (χ0) is 32.4. The Hall–Kier alpha value is -3.56. The van der Waals surface area contributed by atoms with E-state index in [2.05, 4.69) is 104 Å². The molecule has 0 aromatic carbocycles. The SMILES string of the molecule is CC1=CC(=O)CC(C)(C)C1/C=C/C(C)=C/C=C/C(C)=C/C=C/C=C(C)/C=C/C=C(C)/C=C/C1=C(C)C(=O)C(O)CC1(C)C. The molecule has 0 heterocycles. The largest absolute Gasteiger partial charge is 0.385 e. The summed E-state index contributed by atoms with van der Waals surface area (Å²) in [6, 6.07) is 0. The van der Waals surface area contributed by atoms with Crippen LogP contribution in [0.2, 0.25) is 0 Å². The summed E-state index contributed by atoms with van der Waals surface area (Å²) in [6.45, 7) is 20.6. The third kappa shape index (κ3) is 11.2. The zero-order valence-corrected chi connectivity index (χ0v) is 28.0. The molecule has 230 valence electrons. The van der Waals surface area contributed by atoms with E-state index in [1.165, 1.54) is 5.57 Å². The fourth-order valence-electron chi connectivity index (χ4n) is 5.71. The number of allylic oxidation sites excluding steroid dienone is 21. The van der Waals surface area contributed by atoms with Crippen LogP contribution in [0.15, 0.2) is 130 Å². The van der Waals surface area contributed by atoms with Gasteiger partial charge >= 0.3 is 0 Å². The monoisotopic (exact) mass is 580 g/mol. The van der Waals surface area contributed by atoms with Crippen LogP contribution in [0, 0.1) is 16.7 Å². The van der Waals surface area contributed by atoms with Crippen LogP contribution in [0.25, 0.3) is 0 Å². The Morgan fingerprint density at radius 2 is 1.26 bits per heavy atom. The Labute approximate surface area is 260 Å². The molecule has 2 atom stereocenters. The number of ketones is 2. The summed E-state index contributed by atoms with van der Waals surface area (Å²) in [5, 5.41) is 10.0. The van der Waals surface area contributed by atoms with Gasteiger partial charge in [-0.3, -0.25) is 9.59 Å². The molecule has 43 heavy (non-hydrogen) atoms. The van der Waals surface area contributed by atoms with Crippen LogP contribution in [0.1, 0.15) is 82.1 Å². The lowest BCUT2D eigenvalue weighted by molar-refractivity contribution is -0.125. The second kappa shape index (κ2) is 15.8. The van der Waals surface area contributed by atoms with Crippen LogP contribution in [0.4, 0.5) is 0 Å². The van der Waals surface area contributed by atoms with E-state index in [0.29, 0.717) is 18.4 Å². The summed E-state index contributed by atoms with van der Waals surface area (Å²) in [7, 11) is 0. The first-order valence-electron chi connectivity index (χ1n) is 15.3. The van der Waals surface area contributed by atoms with Crippen LogP contribution in [0.5, 0.6) is 0 Å². The lowest BCUT2D eigenvalue weighted by atomic mass is 9.68. The highest BCUT2D eigenvalue weighted by Gasteiger charge is 2.36. The van der Waals surface area contributed by atoms with Crippen molar-refractivity contribution in [2.24, 2.45) is 16.7 Å². The van der Waals surface area contributed by atoms with E-state index in [1.807, 2.05) is 43.4 Å². The lowest BCUT2D eigenvalue weighted by Gasteiger charge is -2.35. The smallest absolute Gasteiger partial charge is 0.187 e. The Bertz CT molecular complexity index is 1400. The molecular weight excluding hydrogens is 528 g/mol. The summed E-state index contributed by atoms with van der Waals surface area (Å²) < 4.78 is 0. The Balaban J connectivity index is 1.92. The number of aliphatic hydroxyl groups is 1. The van der Waals surface area contributed by atoms with Crippen LogP contribution in [0.3, 0.4) is 0 Å². The molecule has 0 saturated heterocycles. The predicted octanol–water partition coefficient (Wildman–Crippen LogP) is 9.79. The molecule has 2 unspecified atom stereocenters. The van der Waals surface area contributed by atoms with Crippen molar-refractivity contribution in [3.8, 4) is 0 Å². The van der Waals surface area contributed by atoms with E-state index >= 15 is 0 Å². The quantitative estimate of drug-likeness (QED) is 0.262. The molecule has 2 aliphatic rings. The number of Topliss-reactive ketones (excluding diaryl/α,β-unsaturated/α-hetero) is 1. The molecule has 0 spiro atoms. The van der Waals surface area contributed by atoms with Crippen molar-refractivity contribution >= 4 is 11.6 Å². The summed E-state index contributed by atoms with van der Waals surface area (Å²) >= 11 is 0. The van der Waals surface area contributed by atoms with Crippen molar-refractivity contribution in [1.29, 1.82) is 0 Å². The van der Waals surface area contributed by atoms with Gasteiger partial charge in [-0.05, 0) is 76.0 Å². The molecule has 0 aromatic heterocycles. The topological polar surface area (TPSA) is 54.4 Å². The molecule has 0 radical (unpaired) electrons. The van der Waals surface area contributed by atoms with Crippen LogP contribution < -0.4 is 0 Å². The Kier molecular flexibility index (Phi) is 13.1.